The molecule has 0 fully saturated rings. The molecule has 0 N–H and O–H groups in total. The highest BCUT2D eigenvalue weighted by Crippen LogP contribution is 2.19. The summed E-state index contributed by atoms with van der Waals surface area (Å²) in [4.78, 5) is 8.73. The van der Waals surface area contributed by atoms with Gasteiger partial charge in [0.2, 0.25) is 0 Å². The fraction of sp³-hybridized carbons (Fsp3) is 0.545. The zero-order valence-corrected chi connectivity index (χ0v) is 9.98. The lowest BCUT2D eigenvalue weighted by molar-refractivity contribution is 0.123. The average Bonchev–Trinajstić information content (AvgIpc) is 2.58. The molecule has 0 aliphatic heterocycles. The summed E-state index contributed by atoms with van der Waals surface area (Å²) in [5.41, 5.74) is 2.64. The van der Waals surface area contributed by atoms with Crippen LogP contribution in [0.5, 0.6) is 0 Å². The van der Waals surface area contributed by atoms with Crippen LogP contribution in [0.25, 0.3) is 11.2 Å². The van der Waals surface area contributed by atoms with Gasteiger partial charge in [0.15, 0.2) is 5.65 Å². The van der Waals surface area contributed by atoms with Gasteiger partial charge in [-0.2, -0.15) is 5.10 Å². The smallest absolute Gasteiger partial charge is 0.246 e. The van der Waals surface area contributed by atoms with E-state index in [1.807, 2.05) is 20.8 Å². The maximum Gasteiger partial charge on any atom is 0.258 e. The lowest BCUT2D eigenvalue weighted by Gasteiger charge is -2.08. The molecule has 2 heterocycles. The quantitative estimate of drug-likeness (QED) is 0.828. The number of hydrogen-bond acceptors (Lipinski definition) is 3. The third-order valence-corrected chi connectivity index (χ3v) is 2.54. The molecular weight excluding hydrogens is 226 g/mol. The van der Waals surface area contributed by atoms with Gasteiger partial charge in [0.1, 0.15) is 12.1 Å². The van der Waals surface area contributed by atoms with Crippen LogP contribution in [0.2, 0.25) is 0 Å². The number of rotatable bonds is 3. The molecule has 0 aliphatic rings. The fourth-order valence-electron chi connectivity index (χ4n) is 1.81. The SMILES string of the molecule is Cc1nc2cnn(CC(F)F)c2nc1C(C)C. The van der Waals surface area contributed by atoms with Gasteiger partial charge in [-0.05, 0) is 12.8 Å². The van der Waals surface area contributed by atoms with Crippen molar-refractivity contribution in [3.63, 3.8) is 0 Å². The molecule has 0 saturated heterocycles. The summed E-state index contributed by atoms with van der Waals surface area (Å²) in [5, 5.41) is 3.89. The van der Waals surface area contributed by atoms with Crippen molar-refractivity contribution in [2.45, 2.75) is 39.7 Å². The maximum atomic E-state index is 12.4. The second-order valence-corrected chi connectivity index (χ2v) is 4.28. The van der Waals surface area contributed by atoms with Gasteiger partial charge in [0.25, 0.3) is 6.43 Å². The zero-order chi connectivity index (χ0) is 12.6. The fourth-order valence-corrected chi connectivity index (χ4v) is 1.81. The normalized spacial score (nSPS) is 11.9. The first kappa shape index (κ1) is 11.9. The Morgan fingerprint density at radius 2 is 2.00 bits per heavy atom. The van der Waals surface area contributed by atoms with E-state index in [0.717, 1.165) is 11.4 Å². The maximum absolute atomic E-state index is 12.4. The monoisotopic (exact) mass is 240 g/mol. The number of aromatic nitrogens is 4. The number of fused-ring (bicyclic) bond motifs is 1. The molecule has 92 valence electrons. The standard InChI is InChI=1S/C11H14F2N4/c1-6(2)10-7(3)15-8-4-14-17(5-9(12)13)11(8)16-10/h4,6,9H,5H2,1-3H3. The molecule has 0 atom stereocenters. The van der Waals surface area contributed by atoms with Crippen molar-refractivity contribution in [3.8, 4) is 0 Å². The van der Waals surface area contributed by atoms with Gasteiger partial charge in [-0.25, -0.2) is 23.4 Å². The first-order valence-corrected chi connectivity index (χ1v) is 5.47. The van der Waals surface area contributed by atoms with Crippen LogP contribution in [0.15, 0.2) is 6.20 Å². The predicted octanol–water partition coefficient (Wildman–Crippen LogP) is 2.52. The van der Waals surface area contributed by atoms with E-state index in [1.165, 1.54) is 10.9 Å². The van der Waals surface area contributed by atoms with Crippen molar-refractivity contribution < 1.29 is 8.78 Å². The van der Waals surface area contributed by atoms with Crippen LogP contribution in [-0.2, 0) is 6.54 Å². The summed E-state index contributed by atoms with van der Waals surface area (Å²) in [6.45, 7) is 5.42. The minimum absolute atomic E-state index is 0.210. The van der Waals surface area contributed by atoms with Crippen LogP contribution in [-0.4, -0.2) is 26.2 Å². The molecule has 0 bridgehead atoms. The van der Waals surface area contributed by atoms with E-state index >= 15 is 0 Å². The molecule has 4 nitrogen and oxygen atoms in total. The first-order valence-electron chi connectivity index (χ1n) is 5.47. The number of halogens is 2. The molecule has 0 unspecified atom stereocenters. The van der Waals surface area contributed by atoms with E-state index in [2.05, 4.69) is 15.1 Å². The molecule has 0 aromatic carbocycles. The van der Waals surface area contributed by atoms with Crippen molar-refractivity contribution in [3.05, 3.63) is 17.6 Å². The van der Waals surface area contributed by atoms with Crippen molar-refractivity contribution >= 4 is 11.2 Å². The second-order valence-electron chi connectivity index (χ2n) is 4.28. The van der Waals surface area contributed by atoms with Crippen molar-refractivity contribution in [2.75, 3.05) is 0 Å². The average molecular weight is 240 g/mol. The molecule has 0 radical (unpaired) electrons. The lowest BCUT2D eigenvalue weighted by Crippen LogP contribution is -2.10. The Morgan fingerprint density at radius 3 is 2.59 bits per heavy atom. The van der Waals surface area contributed by atoms with Crippen LogP contribution in [0.1, 0.15) is 31.2 Å². The molecule has 0 saturated carbocycles. The number of hydrogen-bond donors (Lipinski definition) is 0. The number of alkyl halides is 2. The summed E-state index contributed by atoms with van der Waals surface area (Å²) in [7, 11) is 0. The van der Waals surface area contributed by atoms with E-state index in [9.17, 15) is 8.78 Å². The summed E-state index contributed by atoms with van der Waals surface area (Å²) in [6.07, 6.45) is -0.967. The van der Waals surface area contributed by atoms with Gasteiger partial charge in [-0.1, -0.05) is 13.8 Å². The van der Waals surface area contributed by atoms with Gasteiger partial charge < -0.3 is 0 Å². The van der Waals surface area contributed by atoms with Crippen LogP contribution in [0.4, 0.5) is 8.78 Å². The Morgan fingerprint density at radius 1 is 1.29 bits per heavy atom. The number of aryl methyl sites for hydroxylation is 1. The molecule has 6 heteroatoms. The van der Waals surface area contributed by atoms with E-state index in [4.69, 9.17) is 0 Å². The third kappa shape index (κ3) is 2.25. The van der Waals surface area contributed by atoms with Gasteiger partial charge in [-0.15, -0.1) is 0 Å². The van der Waals surface area contributed by atoms with E-state index < -0.39 is 13.0 Å². The summed E-state index contributed by atoms with van der Waals surface area (Å²) in [6, 6.07) is 0. The topological polar surface area (TPSA) is 43.6 Å². The van der Waals surface area contributed by atoms with Crippen molar-refractivity contribution in [1.82, 2.24) is 19.7 Å². The van der Waals surface area contributed by atoms with Crippen LogP contribution >= 0.6 is 0 Å². The minimum atomic E-state index is -2.44. The van der Waals surface area contributed by atoms with Crippen LogP contribution in [0.3, 0.4) is 0 Å². The molecule has 0 aliphatic carbocycles. The third-order valence-electron chi connectivity index (χ3n) is 2.54. The lowest BCUT2D eigenvalue weighted by atomic mass is 10.1. The second kappa shape index (κ2) is 4.35. The largest absolute Gasteiger partial charge is 0.258 e. The molecule has 2 aromatic heterocycles. The van der Waals surface area contributed by atoms with E-state index in [0.29, 0.717) is 11.2 Å². The summed E-state index contributed by atoms with van der Waals surface area (Å²) < 4.78 is 25.9. The molecular formula is C11H14F2N4. The summed E-state index contributed by atoms with van der Waals surface area (Å²) in [5.74, 6) is 0.210. The van der Waals surface area contributed by atoms with Gasteiger partial charge in [0, 0.05) is 0 Å². The minimum Gasteiger partial charge on any atom is -0.246 e. The van der Waals surface area contributed by atoms with Gasteiger partial charge in [0.05, 0.1) is 17.6 Å². The van der Waals surface area contributed by atoms with Gasteiger partial charge >= 0.3 is 0 Å². The summed E-state index contributed by atoms with van der Waals surface area (Å²) >= 11 is 0. The number of nitrogens with zero attached hydrogens (tertiary/aromatic N) is 4. The van der Waals surface area contributed by atoms with E-state index in [1.54, 1.807) is 0 Å². The van der Waals surface area contributed by atoms with Crippen molar-refractivity contribution in [1.29, 1.82) is 0 Å². The van der Waals surface area contributed by atoms with Crippen LogP contribution in [0, 0.1) is 6.92 Å². The van der Waals surface area contributed by atoms with Gasteiger partial charge in [-0.3, -0.25) is 0 Å². The zero-order valence-electron chi connectivity index (χ0n) is 9.98. The predicted molar refractivity (Wildman–Crippen MR) is 60.2 cm³/mol. The van der Waals surface area contributed by atoms with Crippen molar-refractivity contribution in [2.24, 2.45) is 0 Å². The Balaban J connectivity index is 2.55. The Bertz CT molecular complexity index is 533. The highest BCUT2D eigenvalue weighted by atomic mass is 19.3. The molecule has 2 rings (SSSR count). The Hall–Kier alpha value is -1.59. The molecule has 2 aromatic rings. The van der Waals surface area contributed by atoms with E-state index in [-0.39, 0.29) is 5.92 Å². The highest BCUT2D eigenvalue weighted by Gasteiger charge is 2.14. The Labute approximate surface area is 97.7 Å². The first-order chi connectivity index (χ1) is 7.99. The molecule has 17 heavy (non-hydrogen) atoms. The molecule has 0 spiro atoms. The van der Waals surface area contributed by atoms with Crippen LogP contribution < -0.4 is 0 Å². The Kier molecular flexibility index (Phi) is 3.04. The molecule has 0 amide bonds. The highest BCUT2D eigenvalue weighted by molar-refractivity contribution is 5.69.